The van der Waals surface area contributed by atoms with Gasteiger partial charge in [-0.25, -0.2) is 8.78 Å². The average molecular weight is 394 g/mol. The maximum Gasteiger partial charge on any atom is 0.251 e. The first-order chi connectivity index (χ1) is 14.0. The highest BCUT2D eigenvalue weighted by Crippen LogP contribution is 2.09. The summed E-state index contributed by atoms with van der Waals surface area (Å²) in [6, 6.07) is 18.6. The summed E-state index contributed by atoms with van der Waals surface area (Å²) in [7, 11) is 0. The van der Waals surface area contributed by atoms with E-state index in [2.05, 4.69) is 10.6 Å². The molecular weight excluding hydrogens is 374 g/mol. The second kappa shape index (κ2) is 9.59. The first-order valence-corrected chi connectivity index (χ1v) is 9.17. The standard InChI is InChI=1S/C23H20F2N2O2/c24-20-10-8-16(9-11-20)12-13-26-22(28)17-5-3-6-18(14-17)23(29)27-15-19-4-1-2-7-21(19)25/h1-11,14H,12-13,15H2,(H,26,28)(H,27,29). The Morgan fingerprint density at radius 3 is 2.10 bits per heavy atom. The van der Waals surface area contributed by atoms with E-state index < -0.39 is 5.91 Å². The zero-order valence-electron chi connectivity index (χ0n) is 15.6. The molecule has 2 amide bonds. The van der Waals surface area contributed by atoms with Crippen LogP contribution in [0.1, 0.15) is 31.8 Å². The molecule has 0 unspecified atom stereocenters. The van der Waals surface area contributed by atoms with Crippen LogP contribution in [0.3, 0.4) is 0 Å². The molecule has 0 saturated carbocycles. The lowest BCUT2D eigenvalue weighted by Crippen LogP contribution is -2.27. The molecule has 0 saturated heterocycles. The highest BCUT2D eigenvalue weighted by atomic mass is 19.1. The van der Waals surface area contributed by atoms with E-state index in [-0.39, 0.29) is 24.1 Å². The van der Waals surface area contributed by atoms with Crippen LogP contribution in [-0.4, -0.2) is 18.4 Å². The Kier molecular flexibility index (Phi) is 6.68. The maximum atomic E-state index is 13.7. The lowest BCUT2D eigenvalue weighted by molar-refractivity contribution is 0.0950. The third kappa shape index (κ3) is 5.72. The highest BCUT2D eigenvalue weighted by molar-refractivity contribution is 5.99. The zero-order valence-corrected chi connectivity index (χ0v) is 15.6. The van der Waals surface area contributed by atoms with E-state index in [1.165, 1.54) is 24.3 Å². The molecule has 6 heteroatoms. The molecule has 3 aromatic rings. The fourth-order valence-corrected chi connectivity index (χ4v) is 2.79. The van der Waals surface area contributed by atoms with E-state index in [1.807, 2.05) is 0 Å². The molecular formula is C23H20F2N2O2. The Labute approximate surface area is 167 Å². The topological polar surface area (TPSA) is 58.2 Å². The van der Waals surface area contributed by atoms with Gasteiger partial charge in [-0.15, -0.1) is 0 Å². The summed E-state index contributed by atoms with van der Waals surface area (Å²) in [5.74, 6) is -1.39. The Balaban J connectivity index is 1.55. The summed E-state index contributed by atoms with van der Waals surface area (Å²) in [5, 5.41) is 5.43. The normalized spacial score (nSPS) is 10.4. The molecule has 0 aliphatic carbocycles. The van der Waals surface area contributed by atoms with Crippen LogP contribution in [0, 0.1) is 11.6 Å². The highest BCUT2D eigenvalue weighted by Gasteiger charge is 2.11. The molecule has 0 radical (unpaired) electrons. The molecule has 4 nitrogen and oxygen atoms in total. The van der Waals surface area contributed by atoms with E-state index in [0.717, 1.165) is 5.56 Å². The first-order valence-electron chi connectivity index (χ1n) is 9.17. The van der Waals surface area contributed by atoms with Crippen LogP contribution in [0.15, 0.2) is 72.8 Å². The molecule has 0 fully saturated rings. The summed E-state index contributed by atoms with van der Waals surface area (Å²) in [4.78, 5) is 24.7. The van der Waals surface area contributed by atoms with Crippen LogP contribution in [0.5, 0.6) is 0 Å². The number of carbonyl (C=O) groups excluding carboxylic acids is 2. The number of rotatable bonds is 7. The lowest BCUT2D eigenvalue weighted by atomic mass is 10.1. The predicted octanol–water partition coefficient (Wildman–Crippen LogP) is 3.87. The van der Waals surface area contributed by atoms with Crippen molar-refractivity contribution in [3.63, 3.8) is 0 Å². The molecule has 0 bridgehead atoms. The predicted molar refractivity (Wildman–Crippen MR) is 106 cm³/mol. The lowest BCUT2D eigenvalue weighted by Gasteiger charge is -2.09. The van der Waals surface area contributed by atoms with Crippen LogP contribution in [0.2, 0.25) is 0 Å². The zero-order chi connectivity index (χ0) is 20.6. The number of halogens is 2. The van der Waals surface area contributed by atoms with Gasteiger partial charge in [0, 0.05) is 29.8 Å². The number of hydrogen-bond acceptors (Lipinski definition) is 2. The Bertz CT molecular complexity index is 1000. The second-order valence-electron chi connectivity index (χ2n) is 6.49. The van der Waals surface area contributed by atoms with Crippen molar-refractivity contribution in [2.75, 3.05) is 6.54 Å². The molecule has 0 aliphatic rings. The van der Waals surface area contributed by atoms with Gasteiger partial charge in [0.05, 0.1) is 0 Å². The second-order valence-corrected chi connectivity index (χ2v) is 6.49. The van der Waals surface area contributed by atoms with Gasteiger partial charge in [0.1, 0.15) is 11.6 Å². The van der Waals surface area contributed by atoms with Gasteiger partial charge >= 0.3 is 0 Å². The van der Waals surface area contributed by atoms with E-state index in [4.69, 9.17) is 0 Å². The molecule has 0 atom stereocenters. The number of amides is 2. The number of hydrogen-bond donors (Lipinski definition) is 2. The van der Waals surface area contributed by atoms with Gasteiger partial charge in [0.25, 0.3) is 11.8 Å². The van der Waals surface area contributed by atoms with Gasteiger partial charge in [-0.2, -0.15) is 0 Å². The van der Waals surface area contributed by atoms with Crippen molar-refractivity contribution in [3.8, 4) is 0 Å². The Morgan fingerprint density at radius 1 is 0.759 bits per heavy atom. The van der Waals surface area contributed by atoms with Crippen LogP contribution >= 0.6 is 0 Å². The summed E-state index contributed by atoms with van der Waals surface area (Å²) in [6.07, 6.45) is 0.564. The largest absolute Gasteiger partial charge is 0.352 e. The van der Waals surface area contributed by atoms with Crippen LogP contribution in [0.25, 0.3) is 0 Å². The maximum absolute atomic E-state index is 13.7. The van der Waals surface area contributed by atoms with E-state index in [1.54, 1.807) is 48.5 Å². The number of nitrogens with one attached hydrogen (secondary N) is 2. The Morgan fingerprint density at radius 2 is 1.41 bits per heavy atom. The van der Waals surface area contributed by atoms with Gasteiger partial charge in [-0.05, 0) is 48.4 Å². The van der Waals surface area contributed by atoms with Crippen molar-refractivity contribution < 1.29 is 18.4 Å². The minimum absolute atomic E-state index is 0.0552. The molecule has 0 aliphatic heterocycles. The molecule has 0 spiro atoms. The van der Waals surface area contributed by atoms with Crippen molar-refractivity contribution in [3.05, 3.63) is 107 Å². The summed E-state index contributed by atoms with van der Waals surface area (Å²) < 4.78 is 26.6. The van der Waals surface area contributed by atoms with Crippen molar-refractivity contribution in [2.45, 2.75) is 13.0 Å². The average Bonchev–Trinajstić information content (AvgIpc) is 2.74. The third-order valence-corrected chi connectivity index (χ3v) is 4.40. The van der Waals surface area contributed by atoms with E-state index in [9.17, 15) is 18.4 Å². The van der Waals surface area contributed by atoms with Gasteiger partial charge in [0.2, 0.25) is 0 Å². The van der Waals surface area contributed by atoms with Crippen LogP contribution in [-0.2, 0) is 13.0 Å². The minimum atomic E-state index is -0.394. The van der Waals surface area contributed by atoms with Crippen molar-refractivity contribution in [1.82, 2.24) is 10.6 Å². The van der Waals surface area contributed by atoms with Crippen molar-refractivity contribution in [2.24, 2.45) is 0 Å². The van der Waals surface area contributed by atoms with Gasteiger partial charge < -0.3 is 10.6 Å². The van der Waals surface area contributed by atoms with Crippen molar-refractivity contribution in [1.29, 1.82) is 0 Å². The third-order valence-electron chi connectivity index (χ3n) is 4.40. The molecule has 148 valence electrons. The van der Waals surface area contributed by atoms with Crippen molar-refractivity contribution >= 4 is 11.8 Å². The quantitative estimate of drug-likeness (QED) is 0.639. The first kappa shape index (κ1) is 20.2. The monoisotopic (exact) mass is 394 g/mol. The summed E-state index contributed by atoms with van der Waals surface area (Å²) in [6.45, 7) is 0.438. The molecule has 3 aromatic carbocycles. The molecule has 0 heterocycles. The van der Waals surface area contributed by atoms with E-state index >= 15 is 0 Å². The molecule has 2 N–H and O–H groups in total. The molecule has 29 heavy (non-hydrogen) atoms. The van der Waals surface area contributed by atoms with Gasteiger partial charge in [-0.1, -0.05) is 36.4 Å². The molecule has 3 rings (SSSR count). The SMILES string of the molecule is O=C(NCCc1ccc(F)cc1)c1cccc(C(=O)NCc2ccccc2F)c1. The fraction of sp³-hybridized carbons (Fsp3) is 0.130. The van der Waals surface area contributed by atoms with Crippen LogP contribution < -0.4 is 10.6 Å². The molecule has 0 aromatic heterocycles. The summed E-state index contributed by atoms with van der Waals surface area (Å²) >= 11 is 0. The fourth-order valence-electron chi connectivity index (χ4n) is 2.79. The number of benzene rings is 3. The smallest absolute Gasteiger partial charge is 0.251 e. The van der Waals surface area contributed by atoms with Gasteiger partial charge in [0.15, 0.2) is 0 Å². The Hall–Kier alpha value is -3.54. The summed E-state index contributed by atoms with van der Waals surface area (Å²) in [5.41, 5.74) is 1.96. The number of carbonyl (C=O) groups is 2. The van der Waals surface area contributed by atoms with E-state index in [0.29, 0.717) is 29.7 Å². The van der Waals surface area contributed by atoms with Gasteiger partial charge in [-0.3, -0.25) is 9.59 Å². The van der Waals surface area contributed by atoms with Crippen LogP contribution in [0.4, 0.5) is 8.78 Å². The minimum Gasteiger partial charge on any atom is -0.352 e.